The van der Waals surface area contributed by atoms with Crippen LogP contribution in [0.1, 0.15) is 0 Å². The van der Waals surface area contributed by atoms with Gasteiger partial charge in [-0.2, -0.15) is 4.80 Å². The highest BCUT2D eigenvalue weighted by Gasteiger charge is 2.23. The molecule has 0 aliphatic carbocycles. The summed E-state index contributed by atoms with van der Waals surface area (Å²) in [5.41, 5.74) is -0.187. The van der Waals surface area contributed by atoms with Gasteiger partial charge in [-0.25, -0.2) is 0 Å². The molecule has 2 aromatic carbocycles. The van der Waals surface area contributed by atoms with Gasteiger partial charge in [-0.05, 0) is 24.3 Å². The monoisotopic (exact) mass is 363 g/mol. The van der Waals surface area contributed by atoms with Crippen molar-refractivity contribution in [3.63, 3.8) is 0 Å². The summed E-state index contributed by atoms with van der Waals surface area (Å²) in [6, 6.07) is 8.99. The number of benzene rings is 2. The van der Waals surface area contributed by atoms with Crippen molar-refractivity contribution < 1.29 is 9.85 Å². The van der Waals surface area contributed by atoms with Crippen molar-refractivity contribution in [1.82, 2.24) is 15.0 Å². The van der Waals surface area contributed by atoms with Gasteiger partial charge < -0.3 is 0 Å². The largest absolute Gasteiger partial charge is 0.305 e. The Labute approximate surface area is 130 Å². The van der Waals surface area contributed by atoms with Gasteiger partial charge in [0.1, 0.15) is 5.52 Å². The van der Waals surface area contributed by atoms with Gasteiger partial charge in [0.25, 0.3) is 5.69 Å². The number of hydrogen-bond acceptors (Lipinski definition) is 6. The second-order valence-corrected chi connectivity index (χ2v) is 5.23. The minimum absolute atomic E-state index is 0.00137. The van der Waals surface area contributed by atoms with Crippen LogP contribution in [0.2, 0.25) is 0 Å². The molecule has 0 bridgehead atoms. The Morgan fingerprint density at radius 2 is 1.68 bits per heavy atom. The predicted octanol–water partition coefficient (Wildman–Crippen LogP) is 3.00. The van der Waals surface area contributed by atoms with Crippen molar-refractivity contribution >= 4 is 38.3 Å². The van der Waals surface area contributed by atoms with Crippen LogP contribution in [-0.2, 0) is 0 Å². The van der Waals surface area contributed by atoms with Crippen LogP contribution < -0.4 is 0 Å². The highest BCUT2D eigenvalue weighted by atomic mass is 79.9. The average molecular weight is 364 g/mol. The zero-order valence-corrected chi connectivity index (χ0v) is 12.3. The maximum atomic E-state index is 11.1. The number of rotatable bonds is 3. The van der Waals surface area contributed by atoms with Crippen LogP contribution in [-0.4, -0.2) is 24.8 Å². The normalized spacial score (nSPS) is 10.8. The molecule has 22 heavy (non-hydrogen) atoms. The van der Waals surface area contributed by atoms with Crippen molar-refractivity contribution in [3.05, 3.63) is 61.1 Å². The number of fused-ring (bicyclic) bond motifs is 1. The Balaban J connectivity index is 2.24. The van der Waals surface area contributed by atoms with Crippen LogP contribution in [0.5, 0.6) is 0 Å². The Hall–Kier alpha value is -2.88. The lowest BCUT2D eigenvalue weighted by atomic mass is 10.2. The lowest BCUT2D eigenvalue weighted by molar-refractivity contribution is -0.393. The summed E-state index contributed by atoms with van der Waals surface area (Å²) in [7, 11) is 0. The predicted molar refractivity (Wildman–Crippen MR) is 79.9 cm³/mol. The second-order valence-electron chi connectivity index (χ2n) is 4.31. The second kappa shape index (κ2) is 5.15. The van der Waals surface area contributed by atoms with Gasteiger partial charge in [0.2, 0.25) is 0 Å². The molecular formula is C12H6BrN5O4. The molecule has 9 nitrogen and oxygen atoms in total. The molecule has 0 aliphatic rings. The first kappa shape index (κ1) is 14.1. The Morgan fingerprint density at radius 3 is 2.27 bits per heavy atom. The molecule has 3 rings (SSSR count). The summed E-state index contributed by atoms with van der Waals surface area (Å²) >= 11 is 3.29. The van der Waals surface area contributed by atoms with Crippen LogP contribution in [0.15, 0.2) is 40.9 Å². The summed E-state index contributed by atoms with van der Waals surface area (Å²) in [6.07, 6.45) is 0. The number of nitro benzene ring substituents is 2. The number of non-ortho nitro benzene ring substituents is 2. The summed E-state index contributed by atoms with van der Waals surface area (Å²) in [5, 5.41) is 30.1. The SMILES string of the molecule is O=[N+]([O-])c1cc([N+](=O)[O-])c2nn(-c3ccc(Br)cc3)nc2c1. The van der Waals surface area contributed by atoms with E-state index in [4.69, 9.17) is 0 Å². The zero-order chi connectivity index (χ0) is 15.9. The van der Waals surface area contributed by atoms with Crippen LogP contribution >= 0.6 is 15.9 Å². The molecule has 1 heterocycles. The molecule has 0 spiro atoms. The lowest BCUT2D eigenvalue weighted by Gasteiger charge is -1.97. The van der Waals surface area contributed by atoms with Crippen molar-refractivity contribution in [1.29, 1.82) is 0 Å². The molecule has 10 heteroatoms. The topological polar surface area (TPSA) is 117 Å². The molecule has 0 atom stereocenters. The third kappa shape index (κ3) is 2.39. The van der Waals surface area contributed by atoms with Gasteiger partial charge in [-0.3, -0.25) is 20.2 Å². The lowest BCUT2D eigenvalue weighted by Crippen LogP contribution is -1.98. The molecule has 0 aliphatic heterocycles. The van der Waals surface area contributed by atoms with E-state index in [1.54, 1.807) is 24.3 Å². The maximum absolute atomic E-state index is 11.1. The van der Waals surface area contributed by atoms with E-state index in [0.717, 1.165) is 16.6 Å². The van der Waals surface area contributed by atoms with E-state index in [-0.39, 0.29) is 11.0 Å². The minimum atomic E-state index is -0.712. The molecule has 0 amide bonds. The fraction of sp³-hybridized carbons (Fsp3) is 0. The van der Waals surface area contributed by atoms with Crippen LogP contribution in [0, 0.1) is 20.2 Å². The number of halogens is 1. The van der Waals surface area contributed by atoms with Gasteiger partial charge in [0.15, 0.2) is 5.52 Å². The third-order valence-corrected chi connectivity index (χ3v) is 3.45. The summed E-state index contributed by atoms with van der Waals surface area (Å²) < 4.78 is 0.856. The van der Waals surface area contributed by atoms with Crippen molar-refractivity contribution in [2.45, 2.75) is 0 Å². The van der Waals surface area contributed by atoms with Gasteiger partial charge in [0.05, 0.1) is 21.6 Å². The summed E-state index contributed by atoms with van der Waals surface area (Å²) in [6.45, 7) is 0. The van der Waals surface area contributed by atoms with Crippen LogP contribution in [0.25, 0.3) is 16.7 Å². The molecule has 0 unspecified atom stereocenters. The Morgan fingerprint density at radius 1 is 1.00 bits per heavy atom. The number of hydrogen-bond donors (Lipinski definition) is 0. The van der Waals surface area contributed by atoms with E-state index in [1.165, 1.54) is 4.80 Å². The van der Waals surface area contributed by atoms with E-state index >= 15 is 0 Å². The first-order valence-electron chi connectivity index (χ1n) is 5.91. The van der Waals surface area contributed by atoms with E-state index in [9.17, 15) is 20.2 Å². The van der Waals surface area contributed by atoms with Crippen LogP contribution in [0.4, 0.5) is 11.4 Å². The van der Waals surface area contributed by atoms with E-state index in [0.29, 0.717) is 5.69 Å². The highest BCUT2D eigenvalue weighted by Crippen LogP contribution is 2.29. The third-order valence-electron chi connectivity index (χ3n) is 2.92. The Kier molecular flexibility index (Phi) is 3.29. The van der Waals surface area contributed by atoms with Crippen molar-refractivity contribution in [2.75, 3.05) is 0 Å². The first-order valence-corrected chi connectivity index (χ1v) is 6.71. The first-order chi connectivity index (χ1) is 10.5. The fourth-order valence-electron chi connectivity index (χ4n) is 1.92. The van der Waals surface area contributed by atoms with Gasteiger partial charge in [0, 0.05) is 10.5 Å². The molecule has 0 saturated heterocycles. The molecule has 3 aromatic rings. The number of nitro groups is 2. The highest BCUT2D eigenvalue weighted by molar-refractivity contribution is 9.10. The quantitative estimate of drug-likeness (QED) is 0.521. The molecule has 0 N–H and O–H groups in total. The Bertz CT molecular complexity index is 906. The maximum Gasteiger partial charge on any atom is 0.305 e. The summed E-state index contributed by atoms with van der Waals surface area (Å²) in [4.78, 5) is 21.7. The fourth-order valence-corrected chi connectivity index (χ4v) is 2.19. The molecule has 0 fully saturated rings. The van der Waals surface area contributed by atoms with E-state index in [2.05, 4.69) is 26.1 Å². The van der Waals surface area contributed by atoms with Gasteiger partial charge >= 0.3 is 5.69 Å². The molecular weight excluding hydrogens is 358 g/mol. The number of aromatic nitrogens is 3. The van der Waals surface area contributed by atoms with Gasteiger partial charge in [-0.1, -0.05) is 15.9 Å². The van der Waals surface area contributed by atoms with Gasteiger partial charge in [-0.15, -0.1) is 10.2 Å². The van der Waals surface area contributed by atoms with Crippen molar-refractivity contribution in [3.8, 4) is 5.69 Å². The molecule has 1 aromatic heterocycles. The van der Waals surface area contributed by atoms with Crippen LogP contribution in [0.3, 0.4) is 0 Å². The zero-order valence-electron chi connectivity index (χ0n) is 10.7. The van der Waals surface area contributed by atoms with E-state index in [1.807, 2.05) is 0 Å². The number of nitrogens with zero attached hydrogens (tertiary/aromatic N) is 5. The molecule has 110 valence electrons. The van der Waals surface area contributed by atoms with E-state index < -0.39 is 21.2 Å². The smallest absolute Gasteiger partial charge is 0.258 e. The molecule has 0 radical (unpaired) electrons. The molecule has 0 saturated carbocycles. The average Bonchev–Trinajstić information content (AvgIpc) is 2.90. The summed E-state index contributed by atoms with van der Waals surface area (Å²) in [5.74, 6) is 0. The minimum Gasteiger partial charge on any atom is -0.258 e. The van der Waals surface area contributed by atoms with Crippen molar-refractivity contribution in [2.24, 2.45) is 0 Å². The standard InChI is InChI=1S/C12H6BrN5O4/c13-7-1-3-8(4-2-7)16-14-10-5-9(17(19)20)6-11(18(21)22)12(10)15-16/h1-6H.